The molecule has 0 aliphatic carbocycles. The van der Waals surface area contributed by atoms with Crippen molar-refractivity contribution < 1.29 is 14.7 Å². The lowest BCUT2D eigenvalue weighted by Gasteiger charge is -2.07. The van der Waals surface area contributed by atoms with E-state index in [1.54, 1.807) is 0 Å². The molecule has 0 aliphatic rings. The van der Waals surface area contributed by atoms with Gasteiger partial charge in [-0.15, -0.1) is 0 Å². The van der Waals surface area contributed by atoms with Gasteiger partial charge in [0.1, 0.15) is 12.3 Å². The summed E-state index contributed by atoms with van der Waals surface area (Å²) in [6, 6.07) is 1.70. The molecule has 0 fully saturated rings. The van der Waals surface area contributed by atoms with Crippen LogP contribution in [0.2, 0.25) is 0 Å². The van der Waals surface area contributed by atoms with Crippen molar-refractivity contribution >= 4 is 5.84 Å². The van der Waals surface area contributed by atoms with Crippen LogP contribution >= 0.6 is 0 Å². The van der Waals surface area contributed by atoms with Crippen LogP contribution < -0.4 is 10.5 Å². The van der Waals surface area contributed by atoms with Crippen LogP contribution in [0.15, 0.2) is 17.4 Å². The second-order valence-electron chi connectivity index (χ2n) is 4.03. The van der Waals surface area contributed by atoms with E-state index in [9.17, 15) is 0 Å². The maximum atomic E-state index is 8.52. The summed E-state index contributed by atoms with van der Waals surface area (Å²) in [5, 5.41) is 11.4. The molecule has 0 spiro atoms. The lowest BCUT2D eigenvalue weighted by atomic mass is 10.2. The minimum absolute atomic E-state index is 0.0849. The predicted molar refractivity (Wildman–Crippen MR) is 65.7 cm³/mol. The van der Waals surface area contributed by atoms with Gasteiger partial charge in [-0.25, -0.2) is 4.98 Å². The van der Waals surface area contributed by atoms with Crippen molar-refractivity contribution in [1.29, 1.82) is 0 Å². The Balaban J connectivity index is 2.39. The van der Waals surface area contributed by atoms with Crippen molar-refractivity contribution in [3.8, 4) is 6.01 Å². The third kappa shape index (κ3) is 4.96. The molecule has 1 aromatic rings. The Morgan fingerprint density at radius 3 is 2.94 bits per heavy atom. The zero-order chi connectivity index (χ0) is 13.4. The summed E-state index contributed by atoms with van der Waals surface area (Å²) in [4.78, 5) is 7.88. The van der Waals surface area contributed by atoms with E-state index in [1.165, 1.54) is 12.3 Å². The Morgan fingerprint density at radius 2 is 2.28 bits per heavy atom. The third-order valence-electron chi connectivity index (χ3n) is 1.91. The van der Waals surface area contributed by atoms with Gasteiger partial charge < -0.3 is 20.4 Å². The summed E-state index contributed by atoms with van der Waals surface area (Å²) in [6.07, 6.45) is 1.48. The van der Waals surface area contributed by atoms with E-state index < -0.39 is 0 Å². The molecule has 1 heterocycles. The van der Waals surface area contributed by atoms with Gasteiger partial charge in [-0.2, -0.15) is 4.98 Å². The van der Waals surface area contributed by atoms with Crippen molar-refractivity contribution in [2.45, 2.75) is 13.8 Å². The van der Waals surface area contributed by atoms with E-state index in [4.69, 9.17) is 20.4 Å². The van der Waals surface area contributed by atoms with Crippen LogP contribution in [0.3, 0.4) is 0 Å². The Bertz CT molecular complexity index is 396. The molecule has 0 bridgehead atoms. The van der Waals surface area contributed by atoms with Crippen LogP contribution in [-0.4, -0.2) is 40.8 Å². The Morgan fingerprint density at radius 1 is 1.50 bits per heavy atom. The maximum absolute atomic E-state index is 8.52. The second-order valence-corrected chi connectivity index (χ2v) is 4.03. The smallest absolute Gasteiger partial charge is 0.317 e. The number of ether oxygens (including phenoxy) is 2. The second kappa shape index (κ2) is 7.44. The topological polar surface area (TPSA) is 103 Å². The lowest BCUT2D eigenvalue weighted by Crippen LogP contribution is -2.16. The molecule has 0 radical (unpaired) electrons. The fourth-order valence-corrected chi connectivity index (χ4v) is 1.12. The molecule has 0 unspecified atom stereocenters. The van der Waals surface area contributed by atoms with Crippen molar-refractivity contribution in [2.75, 3.05) is 19.8 Å². The van der Waals surface area contributed by atoms with Gasteiger partial charge in [-0.1, -0.05) is 19.0 Å². The summed E-state index contributed by atoms with van der Waals surface area (Å²) < 4.78 is 10.6. The molecule has 0 atom stereocenters. The van der Waals surface area contributed by atoms with E-state index in [1.807, 2.05) is 0 Å². The molecule has 0 aromatic carbocycles. The Hall–Kier alpha value is -1.89. The third-order valence-corrected chi connectivity index (χ3v) is 1.91. The number of amidine groups is 1. The van der Waals surface area contributed by atoms with E-state index >= 15 is 0 Å². The minimum atomic E-state index is -0.0849. The van der Waals surface area contributed by atoms with Gasteiger partial charge in [-0.05, 0) is 12.0 Å². The number of oxime groups is 1. The molecule has 0 amide bonds. The first-order valence-corrected chi connectivity index (χ1v) is 5.65. The summed E-state index contributed by atoms with van der Waals surface area (Å²) in [7, 11) is 0. The maximum Gasteiger partial charge on any atom is 0.317 e. The monoisotopic (exact) mass is 254 g/mol. The SMILES string of the molecule is CC(C)COCCOc1nccc(/C(N)=N/O)n1. The van der Waals surface area contributed by atoms with Gasteiger partial charge in [0.2, 0.25) is 0 Å². The molecule has 1 aromatic heterocycles. The van der Waals surface area contributed by atoms with E-state index in [-0.39, 0.29) is 11.8 Å². The quantitative estimate of drug-likeness (QED) is 0.243. The first-order chi connectivity index (χ1) is 8.63. The van der Waals surface area contributed by atoms with Crippen molar-refractivity contribution in [2.24, 2.45) is 16.8 Å². The largest absolute Gasteiger partial charge is 0.461 e. The molecule has 3 N–H and O–H groups in total. The Labute approximate surface area is 106 Å². The first-order valence-electron chi connectivity index (χ1n) is 5.65. The molecule has 0 saturated heterocycles. The lowest BCUT2D eigenvalue weighted by molar-refractivity contribution is 0.0791. The number of nitrogens with two attached hydrogens (primary N) is 1. The van der Waals surface area contributed by atoms with Gasteiger partial charge in [0, 0.05) is 12.8 Å². The fraction of sp³-hybridized carbons (Fsp3) is 0.545. The van der Waals surface area contributed by atoms with Gasteiger partial charge in [0.25, 0.3) is 0 Å². The molecule has 18 heavy (non-hydrogen) atoms. The standard InChI is InChI=1S/C11H18N4O3/c1-8(2)7-17-5-6-18-11-13-4-3-9(14-11)10(12)15-16/h3-4,8,16H,5-7H2,1-2H3,(H2,12,15). The van der Waals surface area contributed by atoms with Gasteiger partial charge in [-0.3, -0.25) is 0 Å². The number of rotatable bonds is 7. The molecular formula is C11H18N4O3. The molecule has 7 nitrogen and oxygen atoms in total. The number of hydrogen-bond donors (Lipinski definition) is 2. The van der Waals surface area contributed by atoms with Crippen LogP contribution in [0.5, 0.6) is 6.01 Å². The Kier molecular flexibility index (Phi) is 5.86. The summed E-state index contributed by atoms with van der Waals surface area (Å²) >= 11 is 0. The molecular weight excluding hydrogens is 236 g/mol. The highest BCUT2D eigenvalue weighted by molar-refractivity contribution is 5.95. The average molecular weight is 254 g/mol. The molecule has 0 saturated carbocycles. The summed E-state index contributed by atoms with van der Waals surface area (Å²) in [5.74, 6) is 0.406. The fourth-order valence-electron chi connectivity index (χ4n) is 1.12. The van der Waals surface area contributed by atoms with Crippen LogP contribution in [0.1, 0.15) is 19.5 Å². The van der Waals surface area contributed by atoms with E-state index in [0.717, 1.165) is 0 Å². The average Bonchev–Trinajstić information content (AvgIpc) is 2.37. The number of nitrogens with zero attached hydrogens (tertiary/aromatic N) is 3. The van der Waals surface area contributed by atoms with Crippen LogP contribution in [-0.2, 0) is 4.74 Å². The van der Waals surface area contributed by atoms with Crippen LogP contribution in [0.4, 0.5) is 0 Å². The molecule has 7 heteroatoms. The minimum Gasteiger partial charge on any atom is -0.461 e. The zero-order valence-corrected chi connectivity index (χ0v) is 10.5. The predicted octanol–water partition coefficient (Wildman–Crippen LogP) is 0.623. The van der Waals surface area contributed by atoms with Gasteiger partial charge in [0.15, 0.2) is 5.84 Å². The number of hydrogen-bond acceptors (Lipinski definition) is 6. The van der Waals surface area contributed by atoms with E-state index in [0.29, 0.717) is 31.4 Å². The van der Waals surface area contributed by atoms with Crippen molar-refractivity contribution in [3.05, 3.63) is 18.0 Å². The highest BCUT2D eigenvalue weighted by Gasteiger charge is 2.04. The van der Waals surface area contributed by atoms with E-state index in [2.05, 4.69) is 29.0 Å². The van der Waals surface area contributed by atoms with Crippen LogP contribution in [0.25, 0.3) is 0 Å². The normalized spacial score (nSPS) is 11.8. The van der Waals surface area contributed by atoms with Crippen LogP contribution in [0, 0.1) is 5.92 Å². The zero-order valence-electron chi connectivity index (χ0n) is 10.5. The van der Waals surface area contributed by atoms with Gasteiger partial charge >= 0.3 is 6.01 Å². The highest BCUT2D eigenvalue weighted by Crippen LogP contribution is 2.02. The number of aromatic nitrogens is 2. The van der Waals surface area contributed by atoms with Crippen molar-refractivity contribution in [3.63, 3.8) is 0 Å². The first kappa shape index (κ1) is 14.2. The highest BCUT2D eigenvalue weighted by atomic mass is 16.5. The van der Waals surface area contributed by atoms with Crippen molar-refractivity contribution in [1.82, 2.24) is 9.97 Å². The molecule has 0 aliphatic heterocycles. The molecule has 100 valence electrons. The van der Waals surface area contributed by atoms with Gasteiger partial charge in [0.05, 0.1) is 6.61 Å². The molecule has 1 rings (SSSR count). The summed E-state index contributed by atoms with van der Waals surface area (Å²) in [6.45, 7) is 5.66. The summed E-state index contributed by atoms with van der Waals surface area (Å²) in [5.41, 5.74) is 5.71.